The number of hydrogen-bond donors (Lipinski definition) is 0. The van der Waals surface area contributed by atoms with Crippen molar-refractivity contribution in [1.82, 2.24) is 0 Å². The molecule has 0 saturated carbocycles. The van der Waals surface area contributed by atoms with Gasteiger partial charge < -0.3 is 4.74 Å². The van der Waals surface area contributed by atoms with Gasteiger partial charge in [-0.05, 0) is 31.5 Å². The van der Waals surface area contributed by atoms with Gasteiger partial charge in [0.15, 0.2) is 0 Å². The van der Waals surface area contributed by atoms with E-state index in [0.717, 1.165) is 21.3 Å². The third kappa shape index (κ3) is 3.74. The highest BCUT2D eigenvalue weighted by molar-refractivity contribution is 6.52. The van der Waals surface area contributed by atoms with Crippen LogP contribution >= 0.6 is 0 Å². The Kier molecular flexibility index (Phi) is 4.59. The fourth-order valence-corrected chi connectivity index (χ4v) is 2.89. The molecule has 0 bridgehead atoms. The highest BCUT2D eigenvalue weighted by Crippen LogP contribution is 2.19. The molecule has 2 aromatic carbocycles. The van der Waals surface area contributed by atoms with Gasteiger partial charge >= 0.3 is 0 Å². The fourth-order valence-electron chi connectivity index (χ4n) is 1.77. The Hall–Kier alpha value is -1.54. The summed E-state index contributed by atoms with van der Waals surface area (Å²) in [4.78, 5) is 0. The van der Waals surface area contributed by atoms with E-state index in [-0.39, 0.29) is 6.10 Å². The molecule has 0 heterocycles. The molecular formula is C16H18OSi. The zero-order valence-corrected chi connectivity index (χ0v) is 11.9. The molecule has 0 amide bonds. The van der Waals surface area contributed by atoms with Crippen LogP contribution in [0.3, 0.4) is 0 Å². The molecule has 2 rings (SSSR count). The monoisotopic (exact) mass is 254 g/mol. The predicted octanol–water partition coefficient (Wildman–Crippen LogP) is 3.00. The minimum Gasteiger partial charge on any atom is -0.491 e. The van der Waals surface area contributed by atoms with Crippen LogP contribution < -0.4 is 9.92 Å². The summed E-state index contributed by atoms with van der Waals surface area (Å²) in [5.41, 5.74) is 1.30. The first-order chi connectivity index (χ1) is 8.75. The van der Waals surface area contributed by atoms with Gasteiger partial charge in [0, 0.05) is 0 Å². The molecular weight excluding hydrogens is 236 g/mol. The molecule has 0 aliphatic rings. The van der Waals surface area contributed by atoms with Crippen LogP contribution in [-0.2, 0) is 6.04 Å². The van der Waals surface area contributed by atoms with Crippen molar-refractivity contribution < 1.29 is 4.74 Å². The summed E-state index contributed by atoms with van der Waals surface area (Å²) >= 11 is 0. The molecule has 18 heavy (non-hydrogen) atoms. The molecule has 1 nitrogen and oxygen atoms in total. The van der Waals surface area contributed by atoms with Crippen molar-refractivity contribution >= 4 is 14.7 Å². The first kappa shape index (κ1) is 12.9. The van der Waals surface area contributed by atoms with Gasteiger partial charge in [0.05, 0.1) is 15.6 Å². The molecule has 0 aliphatic carbocycles. The Morgan fingerprint density at radius 3 is 2.33 bits per heavy atom. The molecule has 0 aromatic heterocycles. The Morgan fingerprint density at radius 1 is 0.944 bits per heavy atom. The van der Waals surface area contributed by atoms with Crippen molar-refractivity contribution in [1.29, 1.82) is 0 Å². The Balaban J connectivity index is 2.05. The van der Waals surface area contributed by atoms with Gasteiger partial charge in [-0.25, -0.2) is 0 Å². The lowest BCUT2D eigenvalue weighted by atomic mass is 10.2. The highest BCUT2D eigenvalue weighted by atomic mass is 28.2. The summed E-state index contributed by atoms with van der Waals surface area (Å²) in [6.07, 6.45) is 0.228. The maximum atomic E-state index is 5.84. The smallest absolute Gasteiger partial charge is 0.122 e. The van der Waals surface area contributed by atoms with Crippen LogP contribution in [0, 0.1) is 0 Å². The van der Waals surface area contributed by atoms with Gasteiger partial charge in [-0.3, -0.25) is 0 Å². The quantitative estimate of drug-likeness (QED) is 0.745. The third-order valence-corrected chi connectivity index (χ3v) is 3.89. The standard InChI is InChI=1S/C16H18OSi/c1-13(2)17-16-11-7-6-8-14(16)12-18-15-9-4-3-5-10-15/h3-11,13H,12H2,1-2H3. The average molecular weight is 254 g/mol. The van der Waals surface area contributed by atoms with Gasteiger partial charge in [0.25, 0.3) is 0 Å². The normalized spacial score (nSPS) is 10.6. The maximum absolute atomic E-state index is 5.84. The zero-order valence-electron chi connectivity index (χ0n) is 10.9. The van der Waals surface area contributed by atoms with E-state index in [4.69, 9.17) is 4.74 Å². The second kappa shape index (κ2) is 6.41. The van der Waals surface area contributed by atoms with E-state index in [2.05, 4.69) is 62.4 Å². The predicted molar refractivity (Wildman–Crippen MR) is 77.7 cm³/mol. The number of ether oxygens (including phenoxy) is 1. The first-order valence-electron chi connectivity index (χ1n) is 6.29. The van der Waals surface area contributed by atoms with E-state index in [1.165, 1.54) is 10.8 Å². The topological polar surface area (TPSA) is 9.23 Å². The molecule has 2 radical (unpaired) electrons. The number of benzene rings is 2. The summed E-state index contributed by atoms with van der Waals surface area (Å²) < 4.78 is 5.84. The van der Waals surface area contributed by atoms with E-state index < -0.39 is 0 Å². The highest BCUT2D eigenvalue weighted by Gasteiger charge is 2.05. The molecule has 2 heteroatoms. The summed E-state index contributed by atoms with van der Waals surface area (Å²) in [5.74, 6) is 1.02. The molecule has 2 aromatic rings. The van der Waals surface area contributed by atoms with E-state index >= 15 is 0 Å². The van der Waals surface area contributed by atoms with Gasteiger partial charge in [0.1, 0.15) is 5.75 Å². The average Bonchev–Trinajstić information content (AvgIpc) is 2.38. The van der Waals surface area contributed by atoms with E-state index in [1.54, 1.807) is 0 Å². The molecule has 0 fully saturated rings. The molecule has 0 saturated heterocycles. The molecule has 0 unspecified atom stereocenters. The maximum Gasteiger partial charge on any atom is 0.122 e. The van der Waals surface area contributed by atoms with Gasteiger partial charge in [0.2, 0.25) is 0 Å². The van der Waals surface area contributed by atoms with Gasteiger partial charge in [-0.15, -0.1) is 0 Å². The van der Waals surface area contributed by atoms with Crippen LogP contribution in [0.2, 0.25) is 0 Å². The summed E-state index contributed by atoms with van der Waals surface area (Å²) in [6, 6.07) is 20.0. The van der Waals surface area contributed by atoms with E-state index in [0.29, 0.717) is 0 Å². The van der Waals surface area contributed by atoms with Crippen LogP contribution in [0.1, 0.15) is 19.4 Å². The van der Waals surface area contributed by atoms with Crippen molar-refractivity contribution in [2.45, 2.75) is 26.0 Å². The van der Waals surface area contributed by atoms with Crippen LogP contribution in [0.5, 0.6) is 5.75 Å². The molecule has 0 aliphatic heterocycles. The lowest BCUT2D eigenvalue weighted by Gasteiger charge is -2.13. The second-order valence-electron chi connectivity index (χ2n) is 4.49. The van der Waals surface area contributed by atoms with Crippen molar-refractivity contribution in [2.24, 2.45) is 0 Å². The Morgan fingerprint density at radius 2 is 1.61 bits per heavy atom. The summed E-state index contributed by atoms with van der Waals surface area (Å²) in [6.45, 7) is 4.13. The number of para-hydroxylation sites is 1. The van der Waals surface area contributed by atoms with E-state index in [1.807, 2.05) is 6.07 Å². The Labute approximate surface area is 112 Å². The first-order valence-corrected chi connectivity index (χ1v) is 7.50. The number of hydrogen-bond acceptors (Lipinski definition) is 1. The van der Waals surface area contributed by atoms with E-state index in [9.17, 15) is 0 Å². The Bertz CT molecular complexity index is 479. The molecule has 0 spiro atoms. The lowest BCUT2D eigenvalue weighted by Crippen LogP contribution is -2.17. The van der Waals surface area contributed by atoms with Crippen molar-refractivity contribution in [3.8, 4) is 5.75 Å². The lowest BCUT2D eigenvalue weighted by molar-refractivity contribution is 0.240. The van der Waals surface area contributed by atoms with Gasteiger partial charge in [-0.1, -0.05) is 53.7 Å². The third-order valence-electron chi connectivity index (χ3n) is 2.59. The SMILES string of the molecule is CC(C)Oc1ccccc1C[Si]c1ccccc1. The van der Waals surface area contributed by atoms with Crippen molar-refractivity contribution in [3.63, 3.8) is 0 Å². The minimum absolute atomic E-state index is 0.228. The molecule has 0 N–H and O–H groups in total. The van der Waals surface area contributed by atoms with Crippen molar-refractivity contribution in [3.05, 3.63) is 60.2 Å². The second-order valence-corrected chi connectivity index (χ2v) is 5.78. The van der Waals surface area contributed by atoms with Crippen LogP contribution in [0.15, 0.2) is 54.6 Å². The number of rotatable bonds is 5. The fraction of sp³-hybridized carbons (Fsp3) is 0.250. The van der Waals surface area contributed by atoms with Crippen LogP contribution in [0.25, 0.3) is 0 Å². The molecule has 92 valence electrons. The van der Waals surface area contributed by atoms with Crippen LogP contribution in [-0.4, -0.2) is 15.6 Å². The summed E-state index contributed by atoms with van der Waals surface area (Å²) in [7, 11) is 0.795. The summed E-state index contributed by atoms with van der Waals surface area (Å²) in [5, 5.41) is 1.40. The van der Waals surface area contributed by atoms with Gasteiger partial charge in [-0.2, -0.15) is 0 Å². The zero-order chi connectivity index (χ0) is 12.8. The largest absolute Gasteiger partial charge is 0.491 e. The molecule has 0 atom stereocenters. The van der Waals surface area contributed by atoms with Crippen molar-refractivity contribution in [2.75, 3.05) is 0 Å². The minimum atomic E-state index is 0.228. The van der Waals surface area contributed by atoms with Crippen LogP contribution in [0.4, 0.5) is 0 Å².